The number of H-pyrrole nitrogens is 1. The van der Waals surface area contributed by atoms with Gasteiger partial charge in [-0.25, -0.2) is 0 Å². The summed E-state index contributed by atoms with van der Waals surface area (Å²) in [7, 11) is 0. The first-order valence-electron chi connectivity index (χ1n) is 13.0. The van der Waals surface area contributed by atoms with Crippen LogP contribution in [0.4, 0.5) is 0 Å². The van der Waals surface area contributed by atoms with E-state index < -0.39 is 0 Å². The SMILES string of the molecule is CCON=C(c1ccc(Br)cc1)C1CCN(C2(C)CCN(C(=O)c3cc4ccccc4[nH]3)CC2)CC1. The molecule has 1 amide bonds. The second kappa shape index (κ2) is 10.8. The van der Waals surface area contributed by atoms with Gasteiger partial charge in [-0.1, -0.05) is 51.4 Å². The molecule has 6 nitrogen and oxygen atoms in total. The number of rotatable bonds is 6. The van der Waals surface area contributed by atoms with Gasteiger partial charge in [0.05, 0.1) is 5.71 Å². The minimum atomic E-state index is 0.109. The first-order chi connectivity index (χ1) is 17.5. The molecule has 0 bridgehead atoms. The summed E-state index contributed by atoms with van der Waals surface area (Å²) in [6, 6.07) is 18.4. The quantitative estimate of drug-likeness (QED) is 0.299. The van der Waals surface area contributed by atoms with Crippen LogP contribution in [0, 0.1) is 5.92 Å². The largest absolute Gasteiger partial charge is 0.396 e. The highest BCUT2D eigenvalue weighted by Gasteiger charge is 2.39. The number of amides is 1. The Labute approximate surface area is 221 Å². The molecule has 0 radical (unpaired) electrons. The normalized spacial score (nSPS) is 19.5. The van der Waals surface area contributed by atoms with Crippen molar-refractivity contribution >= 4 is 38.5 Å². The van der Waals surface area contributed by atoms with Gasteiger partial charge in [0.25, 0.3) is 5.91 Å². The second-order valence-electron chi connectivity index (χ2n) is 10.2. The Morgan fingerprint density at radius 2 is 1.78 bits per heavy atom. The van der Waals surface area contributed by atoms with Gasteiger partial charge in [-0.05, 0) is 82.4 Å². The molecule has 0 unspecified atom stereocenters. The number of carbonyl (C=O) groups excluding carboxylic acids is 1. The number of halogens is 1. The fourth-order valence-corrected chi connectivity index (χ4v) is 5.94. The summed E-state index contributed by atoms with van der Waals surface area (Å²) in [5, 5.41) is 5.61. The Morgan fingerprint density at radius 1 is 1.08 bits per heavy atom. The minimum absolute atomic E-state index is 0.109. The van der Waals surface area contributed by atoms with Crippen molar-refractivity contribution in [3.63, 3.8) is 0 Å². The number of likely N-dealkylation sites (tertiary alicyclic amines) is 2. The van der Waals surface area contributed by atoms with Gasteiger partial charge < -0.3 is 14.7 Å². The van der Waals surface area contributed by atoms with E-state index in [4.69, 9.17) is 4.84 Å². The lowest BCUT2D eigenvalue weighted by Crippen LogP contribution is -2.56. The molecule has 2 saturated heterocycles. The number of nitrogens with one attached hydrogen (secondary N) is 1. The molecule has 3 heterocycles. The third-order valence-corrected chi connectivity index (χ3v) is 8.49. The van der Waals surface area contributed by atoms with Crippen molar-refractivity contribution in [2.45, 2.75) is 45.1 Å². The van der Waals surface area contributed by atoms with Gasteiger partial charge in [0.1, 0.15) is 12.3 Å². The van der Waals surface area contributed by atoms with Gasteiger partial charge in [-0.3, -0.25) is 9.69 Å². The lowest BCUT2D eigenvalue weighted by atomic mass is 9.82. The van der Waals surface area contributed by atoms with Gasteiger partial charge in [0.2, 0.25) is 0 Å². The first kappa shape index (κ1) is 25.0. The Morgan fingerprint density at radius 3 is 2.44 bits per heavy atom. The highest BCUT2D eigenvalue weighted by molar-refractivity contribution is 9.10. The molecule has 1 aromatic heterocycles. The standard InChI is InChI=1S/C29H35BrN4O2/c1-3-36-32-27(21-8-10-24(30)11-9-21)22-12-16-34(17-13-22)29(2)14-18-33(19-15-29)28(35)26-20-23-6-4-5-7-25(23)31-26/h4-11,20,22,31H,3,12-19H2,1-2H3. The smallest absolute Gasteiger partial charge is 0.270 e. The molecule has 7 heteroatoms. The number of benzene rings is 2. The van der Waals surface area contributed by atoms with E-state index in [1.54, 1.807) is 0 Å². The van der Waals surface area contributed by atoms with Crippen LogP contribution in [-0.4, -0.2) is 64.7 Å². The molecule has 2 fully saturated rings. The van der Waals surface area contributed by atoms with E-state index in [-0.39, 0.29) is 11.4 Å². The zero-order valence-electron chi connectivity index (χ0n) is 21.2. The summed E-state index contributed by atoms with van der Waals surface area (Å²) in [5.41, 5.74) is 4.03. The van der Waals surface area contributed by atoms with Gasteiger partial charge in [0.15, 0.2) is 0 Å². The Balaban J connectivity index is 1.19. The lowest BCUT2D eigenvalue weighted by Gasteiger charge is -2.49. The summed E-state index contributed by atoms with van der Waals surface area (Å²) in [6.07, 6.45) is 4.12. The average Bonchev–Trinajstić information content (AvgIpc) is 3.35. The van der Waals surface area contributed by atoms with E-state index in [0.29, 0.717) is 18.2 Å². The average molecular weight is 552 g/mol. The topological polar surface area (TPSA) is 60.9 Å². The number of hydrogen-bond donors (Lipinski definition) is 1. The molecule has 0 atom stereocenters. The molecule has 1 N–H and O–H groups in total. The predicted molar refractivity (Wildman–Crippen MR) is 148 cm³/mol. The maximum Gasteiger partial charge on any atom is 0.270 e. The van der Waals surface area contributed by atoms with E-state index in [1.165, 1.54) is 0 Å². The van der Waals surface area contributed by atoms with Crippen LogP contribution in [0.25, 0.3) is 10.9 Å². The second-order valence-corrected chi connectivity index (χ2v) is 11.1. The van der Waals surface area contributed by atoms with Crippen LogP contribution in [0.5, 0.6) is 0 Å². The van der Waals surface area contributed by atoms with Crippen molar-refractivity contribution in [2.75, 3.05) is 32.8 Å². The maximum atomic E-state index is 13.2. The number of fused-ring (bicyclic) bond motifs is 1. The molecule has 0 aliphatic carbocycles. The highest BCUT2D eigenvalue weighted by Crippen LogP contribution is 2.34. The Bertz CT molecular complexity index is 1190. The number of piperidine rings is 2. The van der Waals surface area contributed by atoms with Crippen molar-refractivity contribution in [3.8, 4) is 0 Å². The van der Waals surface area contributed by atoms with Crippen LogP contribution in [0.2, 0.25) is 0 Å². The van der Waals surface area contributed by atoms with Crippen LogP contribution in [0.1, 0.15) is 55.6 Å². The summed E-state index contributed by atoms with van der Waals surface area (Å²) in [4.78, 5) is 26.6. The number of nitrogens with zero attached hydrogens (tertiary/aromatic N) is 3. The number of carbonyl (C=O) groups is 1. The molecule has 36 heavy (non-hydrogen) atoms. The van der Waals surface area contributed by atoms with Crippen LogP contribution < -0.4 is 0 Å². The Kier molecular flexibility index (Phi) is 7.49. The molecular weight excluding hydrogens is 516 g/mol. The summed E-state index contributed by atoms with van der Waals surface area (Å²) >= 11 is 3.53. The Hall–Kier alpha value is -2.64. The lowest BCUT2D eigenvalue weighted by molar-refractivity contribution is 0.0160. The van der Waals surface area contributed by atoms with Crippen LogP contribution in [-0.2, 0) is 4.84 Å². The van der Waals surface area contributed by atoms with Gasteiger partial charge in [-0.2, -0.15) is 0 Å². The number of hydrogen-bond acceptors (Lipinski definition) is 4. The summed E-state index contributed by atoms with van der Waals surface area (Å²) in [5.74, 6) is 0.500. The van der Waals surface area contributed by atoms with Crippen molar-refractivity contribution in [2.24, 2.45) is 11.1 Å². The van der Waals surface area contributed by atoms with Crippen molar-refractivity contribution < 1.29 is 9.63 Å². The minimum Gasteiger partial charge on any atom is -0.396 e. The molecule has 2 aromatic carbocycles. The summed E-state index contributed by atoms with van der Waals surface area (Å²) in [6.45, 7) is 8.59. The van der Waals surface area contributed by atoms with Crippen molar-refractivity contribution in [1.82, 2.24) is 14.8 Å². The molecule has 2 aliphatic rings. The highest BCUT2D eigenvalue weighted by atomic mass is 79.9. The van der Waals surface area contributed by atoms with Gasteiger partial charge >= 0.3 is 0 Å². The molecule has 0 saturated carbocycles. The van der Waals surface area contributed by atoms with Crippen LogP contribution in [0.15, 0.2) is 64.2 Å². The predicted octanol–water partition coefficient (Wildman–Crippen LogP) is 6.08. The zero-order valence-corrected chi connectivity index (χ0v) is 22.8. The van der Waals surface area contributed by atoms with E-state index in [9.17, 15) is 4.79 Å². The number of para-hydroxylation sites is 1. The third kappa shape index (κ3) is 5.23. The molecule has 2 aliphatic heterocycles. The number of aromatic amines is 1. The molecule has 3 aromatic rings. The van der Waals surface area contributed by atoms with E-state index in [0.717, 1.165) is 78.5 Å². The first-order valence-corrected chi connectivity index (χ1v) is 13.8. The molecule has 5 rings (SSSR count). The van der Waals surface area contributed by atoms with Crippen molar-refractivity contribution in [1.29, 1.82) is 0 Å². The van der Waals surface area contributed by atoms with E-state index in [2.05, 4.69) is 62.2 Å². The molecular formula is C29H35BrN4O2. The maximum absolute atomic E-state index is 13.2. The van der Waals surface area contributed by atoms with Crippen LogP contribution >= 0.6 is 15.9 Å². The monoisotopic (exact) mass is 550 g/mol. The van der Waals surface area contributed by atoms with Crippen molar-refractivity contribution in [3.05, 3.63) is 70.3 Å². The van der Waals surface area contributed by atoms with E-state index >= 15 is 0 Å². The molecule has 190 valence electrons. The van der Waals surface area contributed by atoms with Gasteiger partial charge in [0, 0.05) is 39.9 Å². The number of aromatic nitrogens is 1. The fourth-order valence-electron chi connectivity index (χ4n) is 5.68. The zero-order chi connectivity index (χ0) is 25.1. The summed E-state index contributed by atoms with van der Waals surface area (Å²) < 4.78 is 1.07. The fraction of sp³-hybridized carbons (Fsp3) is 0.448. The van der Waals surface area contributed by atoms with Crippen LogP contribution in [0.3, 0.4) is 0 Å². The molecule has 0 spiro atoms. The van der Waals surface area contributed by atoms with Gasteiger partial charge in [-0.15, -0.1) is 0 Å². The number of oxime groups is 1. The third-order valence-electron chi connectivity index (χ3n) is 7.97. The van der Waals surface area contributed by atoms with E-state index in [1.807, 2.05) is 42.2 Å².